The third-order valence-electron chi connectivity index (χ3n) is 3.61. The maximum absolute atomic E-state index is 14.3. The van der Waals surface area contributed by atoms with Crippen molar-refractivity contribution in [3.63, 3.8) is 0 Å². The maximum atomic E-state index is 14.3. The van der Waals surface area contributed by atoms with Gasteiger partial charge in [-0.05, 0) is 17.5 Å². The molecule has 1 saturated heterocycles. The molecule has 0 aliphatic carbocycles. The largest absolute Gasteiger partial charge is 0.314 e. The average molecular weight is 285 g/mol. The zero-order valence-corrected chi connectivity index (χ0v) is 12.6. The number of nitrogens with one attached hydrogen (secondary N) is 1. The lowest BCUT2D eigenvalue weighted by atomic mass is 9.80. The lowest BCUT2D eigenvalue weighted by Crippen LogP contribution is -2.48. The second-order valence-electron chi connectivity index (χ2n) is 6.19. The van der Waals surface area contributed by atoms with Crippen molar-refractivity contribution < 1.29 is 4.39 Å². The van der Waals surface area contributed by atoms with E-state index in [-0.39, 0.29) is 17.3 Å². The molecule has 1 heterocycles. The standard InChI is InChI=1S/C15H22ClFN2/c1-15(2,3)14(19-9-7-18-8-10-19)13-11(16)5-4-6-12(13)17/h4-6,14,18H,7-10H2,1-3H3/t14-/m1/s1. The Hall–Kier alpha value is -0.640. The van der Waals surface area contributed by atoms with Gasteiger partial charge in [0.25, 0.3) is 0 Å². The maximum Gasteiger partial charge on any atom is 0.129 e. The van der Waals surface area contributed by atoms with Crippen LogP contribution in [-0.2, 0) is 0 Å². The number of nitrogens with zero attached hydrogens (tertiary/aromatic N) is 1. The van der Waals surface area contributed by atoms with Crippen LogP contribution in [0.15, 0.2) is 18.2 Å². The molecule has 1 aliphatic rings. The van der Waals surface area contributed by atoms with Gasteiger partial charge in [-0.2, -0.15) is 0 Å². The smallest absolute Gasteiger partial charge is 0.129 e. The van der Waals surface area contributed by atoms with Crippen LogP contribution in [0.1, 0.15) is 32.4 Å². The Balaban J connectivity index is 2.43. The van der Waals surface area contributed by atoms with E-state index in [4.69, 9.17) is 11.6 Å². The van der Waals surface area contributed by atoms with Gasteiger partial charge in [0.05, 0.1) is 0 Å². The molecule has 1 aromatic carbocycles. The van der Waals surface area contributed by atoms with Crippen molar-refractivity contribution in [3.8, 4) is 0 Å². The molecule has 1 aromatic rings. The molecule has 1 fully saturated rings. The molecular weight excluding hydrogens is 263 g/mol. The van der Waals surface area contributed by atoms with Gasteiger partial charge in [-0.3, -0.25) is 4.90 Å². The van der Waals surface area contributed by atoms with Gasteiger partial charge < -0.3 is 5.32 Å². The summed E-state index contributed by atoms with van der Waals surface area (Å²) in [5, 5.41) is 3.86. The van der Waals surface area contributed by atoms with E-state index in [0.717, 1.165) is 26.2 Å². The second kappa shape index (κ2) is 5.78. The van der Waals surface area contributed by atoms with E-state index in [0.29, 0.717) is 10.6 Å². The Bertz CT molecular complexity index is 416. The molecule has 0 amide bonds. The molecule has 0 unspecified atom stereocenters. The molecule has 2 rings (SSSR count). The van der Waals surface area contributed by atoms with Crippen LogP contribution in [0.5, 0.6) is 0 Å². The molecule has 0 spiro atoms. The van der Waals surface area contributed by atoms with Gasteiger partial charge in [0, 0.05) is 42.8 Å². The number of piperazine rings is 1. The zero-order chi connectivity index (χ0) is 14.0. The summed E-state index contributed by atoms with van der Waals surface area (Å²) in [6, 6.07) is 4.95. The number of rotatable bonds is 2. The molecule has 2 nitrogen and oxygen atoms in total. The number of hydrogen-bond acceptors (Lipinski definition) is 2. The van der Waals surface area contributed by atoms with Crippen LogP contribution in [0.25, 0.3) is 0 Å². The molecule has 19 heavy (non-hydrogen) atoms. The van der Waals surface area contributed by atoms with Crippen molar-refractivity contribution in [1.82, 2.24) is 10.2 Å². The molecule has 0 bridgehead atoms. The first-order valence-electron chi connectivity index (χ1n) is 6.80. The summed E-state index contributed by atoms with van der Waals surface area (Å²) in [6.45, 7) is 10.2. The van der Waals surface area contributed by atoms with Gasteiger partial charge >= 0.3 is 0 Å². The molecular formula is C15H22ClFN2. The fourth-order valence-electron chi connectivity index (χ4n) is 2.88. The second-order valence-corrected chi connectivity index (χ2v) is 6.60. The van der Waals surface area contributed by atoms with Crippen LogP contribution in [0.4, 0.5) is 4.39 Å². The van der Waals surface area contributed by atoms with E-state index in [1.165, 1.54) is 6.07 Å². The van der Waals surface area contributed by atoms with Crippen molar-refractivity contribution in [2.75, 3.05) is 26.2 Å². The van der Waals surface area contributed by atoms with Crippen molar-refractivity contribution >= 4 is 11.6 Å². The van der Waals surface area contributed by atoms with Gasteiger partial charge in [-0.1, -0.05) is 38.4 Å². The van der Waals surface area contributed by atoms with Crippen molar-refractivity contribution in [1.29, 1.82) is 0 Å². The first kappa shape index (κ1) is 14.8. The first-order chi connectivity index (χ1) is 8.91. The van der Waals surface area contributed by atoms with Crippen molar-refractivity contribution in [2.45, 2.75) is 26.8 Å². The monoisotopic (exact) mass is 284 g/mol. The van der Waals surface area contributed by atoms with Gasteiger partial charge in [0.2, 0.25) is 0 Å². The quantitative estimate of drug-likeness (QED) is 0.895. The lowest BCUT2D eigenvalue weighted by Gasteiger charge is -2.43. The van der Waals surface area contributed by atoms with E-state index in [1.54, 1.807) is 12.1 Å². The summed E-state index contributed by atoms with van der Waals surface area (Å²) in [4.78, 5) is 2.33. The SMILES string of the molecule is CC(C)(C)[C@@H](c1c(F)cccc1Cl)N1CCNCC1. The highest BCUT2D eigenvalue weighted by Gasteiger charge is 2.35. The normalized spacial score (nSPS) is 19.4. The molecule has 106 valence electrons. The fraction of sp³-hybridized carbons (Fsp3) is 0.600. The molecule has 1 atom stereocenters. The Labute approximate surface area is 119 Å². The third kappa shape index (κ3) is 3.28. The van der Waals surface area contributed by atoms with Crippen molar-refractivity contribution in [3.05, 3.63) is 34.6 Å². The summed E-state index contributed by atoms with van der Waals surface area (Å²) in [6.07, 6.45) is 0. The highest BCUT2D eigenvalue weighted by molar-refractivity contribution is 6.31. The predicted octanol–water partition coefficient (Wildman–Crippen LogP) is 3.47. The molecule has 0 radical (unpaired) electrons. The van der Waals surface area contributed by atoms with Gasteiger partial charge in [0.1, 0.15) is 5.82 Å². The Morgan fingerprint density at radius 3 is 2.42 bits per heavy atom. The number of hydrogen-bond donors (Lipinski definition) is 1. The average Bonchev–Trinajstić information content (AvgIpc) is 2.33. The van der Waals surface area contributed by atoms with Crippen LogP contribution >= 0.6 is 11.6 Å². The summed E-state index contributed by atoms with van der Waals surface area (Å²) in [5.41, 5.74) is 0.571. The minimum Gasteiger partial charge on any atom is -0.314 e. The minimum atomic E-state index is -0.203. The first-order valence-corrected chi connectivity index (χ1v) is 7.18. The molecule has 4 heteroatoms. The van der Waals surface area contributed by atoms with Gasteiger partial charge in [-0.25, -0.2) is 4.39 Å². The van der Waals surface area contributed by atoms with Crippen LogP contribution in [0.2, 0.25) is 5.02 Å². The van der Waals surface area contributed by atoms with E-state index < -0.39 is 0 Å². The Morgan fingerprint density at radius 2 is 1.89 bits per heavy atom. The van der Waals surface area contributed by atoms with Crippen molar-refractivity contribution in [2.24, 2.45) is 5.41 Å². The molecule has 1 N–H and O–H groups in total. The summed E-state index contributed by atoms with van der Waals surface area (Å²) in [5.74, 6) is -0.203. The summed E-state index contributed by atoms with van der Waals surface area (Å²) in [7, 11) is 0. The van der Waals surface area contributed by atoms with E-state index in [1.807, 2.05) is 0 Å². The highest BCUT2D eigenvalue weighted by atomic mass is 35.5. The van der Waals surface area contributed by atoms with E-state index >= 15 is 0 Å². The summed E-state index contributed by atoms with van der Waals surface area (Å²) >= 11 is 6.27. The van der Waals surface area contributed by atoms with Gasteiger partial charge in [-0.15, -0.1) is 0 Å². The molecule has 1 aliphatic heterocycles. The number of benzene rings is 1. The van der Waals surface area contributed by atoms with Crippen LogP contribution in [0, 0.1) is 11.2 Å². The van der Waals surface area contributed by atoms with E-state index in [9.17, 15) is 4.39 Å². The van der Waals surface area contributed by atoms with Crippen LogP contribution in [0.3, 0.4) is 0 Å². The van der Waals surface area contributed by atoms with Crippen LogP contribution in [-0.4, -0.2) is 31.1 Å². The Kier molecular flexibility index (Phi) is 4.49. The summed E-state index contributed by atoms with van der Waals surface area (Å²) < 4.78 is 14.3. The fourth-order valence-corrected chi connectivity index (χ4v) is 3.14. The molecule has 0 aromatic heterocycles. The number of halogens is 2. The lowest BCUT2D eigenvalue weighted by molar-refractivity contribution is 0.0835. The van der Waals surface area contributed by atoms with Crippen LogP contribution < -0.4 is 5.32 Å². The minimum absolute atomic E-state index is 0.00306. The highest BCUT2D eigenvalue weighted by Crippen LogP contribution is 2.42. The third-order valence-corrected chi connectivity index (χ3v) is 3.94. The van der Waals surface area contributed by atoms with Gasteiger partial charge in [0.15, 0.2) is 0 Å². The Morgan fingerprint density at radius 1 is 1.26 bits per heavy atom. The topological polar surface area (TPSA) is 15.3 Å². The van der Waals surface area contributed by atoms with E-state index in [2.05, 4.69) is 31.0 Å². The molecule has 0 saturated carbocycles. The zero-order valence-electron chi connectivity index (χ0n) is 11.8. The predicted molar refractivity (Wildman–Crippen MR) is 78.0 cm³/mol.